The predicted molar refractivity (Wildman–Crippen MR) is 64.8 cm³/mol. The van der Waals surface area contributed by atoms with Gasteiger partial charge in [0.2, 0.25) is 5.91 Å². The van der Waals surface area contributed by atoms with E-state index in [9.17, 15) is 4.79 Å². The van der Waals surface area contributed by atoms with E-state index in [1.807, 2.05) is 24.3 Å². The van der Waals surface area contributed by atoms with Crippen LogP contribution in [0.1, 0.15) is 6.92 Å². The van der Waals surface area contributed by atoms with Crippen LogP contribution in [-0.4, -0.2) is 20.7 Å². The maximum absolute atomic E-state index is 11.4. The van der Waals surface area contributed by atoms with Crippen molar-refractivity contribution < 1.29 is 4.79 Å². The molecule has 1 heterocycles. The number of hydrogen-bond donors (Lipinski definition) is 1. The number of carbonyl (C=O) groups excluding carboxylic acids is 1. The van der Waals surface area contributed by atoms with Crippen LogP contribution in [0.4, 0.5) is 5.69 Å². The van der Waals surface area contributed by atoms with Crippen LogP contribution in [0.5, 0.6) is 0 Å². The lowest BCUT2D eigenvalue weighted by Gasteiger charge is -2.05. The molecule has 0 radical (unpaired) electrons. The molecule has 17 heavy (non-hydrogen) atoms. The van der Waals surface area contributed by atoms with E-state index in [0.717, 1.165) is 11.4 Å². The molecule has 0 aliphatic heterocycles. The lowest BCUT2D eigenvalue weighted by Crippen LogP contribution is -2.07. The number of hydrogen-bond acceptors (Lipinski definition) is 3. The van der Waals surface area contributed by atoms with Gasteiger partial charge in [-0.2, -0.15) is 0 Å². The molecule has 0 spiro atoms. The normalized spacial score (nSPS) is 10.6. The van der Waals surface area contributed by atoms with Crippen LogP contribution in [-0.2, 0) is 4.79 Å². The van der Waals surface area contributed by atoms with E-state index in [1.54, 1.807) is 30.2 Å². The number of amides is 1. The van der Waals surface area contributed by atoms with Crippen LogP contribution in [0.2, 0.25) is 0 Å². The van der Waals surface area contributed by atoms with E-state index in [-0.39, 0.29) is 5.91 Å². The quantitative estimate of drug-likeness (QED) is 0.814. The first-order valence-electron chi connectivity index (χ1n) is 5.18. The SMILES string of the molecule is CC=CC(=O)Nc1cccc(-n2cnnc2)c1. The maximum Gasteiger partial charge on any atom is 0.248 e. The topological polar surface area (TPSA) is 59.8 Å². The van der Waals surface area contributed by atoms with Crippen molar-refractivity contribution in [2.24, 2.45) is 0 Å². The molecule has 1 amide bonds. The van der Waals surface area contributed by atoms with Gasteiger partial charge in [0.15, 0.2) is 0 Å². The summed E-state index contributed by atoms with van der Waals surface area (Å²) in [4.78, 5) is 11.4. The standard InChI is InChI=1S/C12H12N4O/c1-2-4-12(17)15-10-5-3-6-11(7-10)16-8-13-14-9-16/h2-9H,1H3,(H,15,17). The van der Waals surface area contributed by atoms with Gasteiger partial charge < -0.3 is 5.32 Å². The smallest absolute Gasteiger partial charge is 0.248 e. The van der Waals surface area contributed by atoms with Crippen LogP contribution in [0.25, 0.3) is 5.69 Å². The summed E-state index contributed by atoms with van der Waals surface area (Å²) in [6.45, 7) is 1.80. The molecule has 0 aliphatic rings. The van der Waals surface area contributed by atoms with Crippen LogP contribution in [0.3, 0.4) is 0 Å². The third-order valence-corrected chi connectivity index (χ3v) is 2.15. The summed E-state index contributed by atoms with van der Waals surface area (Å²) in [7, 11) is 0. The predicted octanol–water partition coefficient (Wildman–Crippen LogP) is 1.78. The highest BCUT2D eigenvalue weighted by Crippen LogP contribution is 2.13. The highest BCUT2D eigenvalue weighted by molar-refractivity contribution is 5.99. The monoisotopic (exact) mass is 228 g/mol. The zero-order chi connectivity index (χ0) is 12.1. The van der Waals surface area contributed by atoms with Crippen molar-refractivity contribution in [3.05, 3.63) is 49.1 Å². The largest absolute Gasteiger partial charge is 0.322 e. The average Bonchev–Trinajstić information content (AvgIpc) is 2.83. The molecule has 0 fully saturated rings. The number of allylic oxidation sites excluding steroid dienone is 1. The summed E-state index contributed by atoms with van der Waals surface area (Å²) >= 11 is 0. The number of carbonyl (C=O) groups is 1. The van der Waals surface area contributed by atoms with Crippen LogP contribution < -0.4 is 5.32 Å². The molecule has 86 valence electrons. The average molecular weight is 228 g/mol. The summed E-state index contributed by atoms with van der Waals surface area (Å²) in [5, 5.41) is 10.2. The number of aromatic nitrogens is 3. The van der Waals surface area contributed by atoms with Gasteiger partial charge in [-0.25, -0.2) is 0 Å². The van der Waals surface area contributed by atoms with Gasteiger partial charge in [0.1, 0.15) is 12.7 Å². The Balaban J connectivity index is 2.20. The second-order valence-electron chi connectivity index (χ2n) is 3.41. The molecule has 0 saturated carbocycles. The van der Waals surface area contributed by atoms with Crippen molar-refractivity contribution in [1.29, 1.82) is 0 Å². The van der Waals surface area contributed by atoms with Gasteiger partial charge in [0.25, 0.3) is 0 Å². The lowest BCUT2D eigenvalue weighted by atomic mass is 10.2. The molecule has 0 atom stereocenters. The van der Waals surface area contributed by atoms with Crippen LogP contribution in [0.15, 0.2) is 49.1 Å². The second kappa shape index (κ2) is 5.07. The summed E-state index contributed by atoms with van der Waals surface area (Å²) in [5.74, 6) is -0.145. The Bertz CT molecular complexity index is 531. The molecule has 2 rings (SSSR count). The van der Waals surface area contributed by atoms with E-state index in [1.165, 1.54) is 6.08 Å². The minimum Gasteiger partial charge on any atom is -0.322 e. The molecule has 0 saturated heterocycles. The van der Waals surface area contributed by atoms with Gasteiger partial charge in [-0.1, -0.05) is 12.1 Å². The van der Waals surface area contributed by atoms with Crippen molar-refractivity contribution >= 4 is 11.6 Å². The fraction of sp³-hybridized carbons (Fsp3) is 0.0833. The van der Waals surface area contributed by atoms with Crippen molar-refractivity contribution in [3.63, 3.8) is 0 Å². The summed E-state index contributed by atoms with van der Waals surface area (Å²) in [6.07, 6.45) is 6.38. The first-order chi connectivity index (χ1) is 8.29. The Morgan fingerprint density at radius 1 is 1.35 bits per heavy atom. The lowest BCUT2D eigenvalue weighted by molar-refractivity contribution is -0.111. The van der Waals surface area contributed by atoms with Crippen LogP contribution in [0, 0.1) is 0 Å². The van der Waals surface area contributed by atoms with E-state index in [2.05, 4.69) is 15.5 Å². The third kappa shape index (κ3) is 2.78. The number of benzene rings is 1. The van der Waals surface area contributed by atoms with Crippen molar-refractivity contribution in [1.82, 2.24) is 14.8 Å². The molecule has 0 bridgehead atoms. The highest BCUT2D eigenvalue weighted by atomic mass is 16.1. The van der Waals surface area contributed by atoms with E-state index in [4.69, 9.17) is 0 Å². The maximum atomic E-state index is 11.4. The number of nitrogens with one attached hydrogen (secondary N) is 1. The van der Waals surface area contributed by atoms with Crippen molar-refractivity contribution in [3.8, 4) is 5.69 Å². The molecule has 0 unspecified atom stereocenters. The Labute approximate surface area is 98.8 Å². The van der Waals surface area contributed by atoms with Gasteiger partial charge in [0, 0.05) is 5.69 Å². The van der Waals surface area contributed by atoms with Gasteiger partial charge >= 0.3 is 0 Å². The number of rotatable bonds is 3. The first kappa shape index (κ1) is 11.1. The van der Waals surface area contributed by atoms with E-state index in [0.29, 0.717) is 0 Å². The Morgan fingerprint density at radius 2 is 2.12 bits per heavy atom. The molecule has 1 aromatic heterocycles. The van der Waals surface area contributed by atoms with Crippen molar-refractivity contribution in [2.45, 2.75) is 6.92 Å². The van der Waals surface area contributed by atoms with Gasteiger partial charge in [-0.15, -0.1) is 10.2 Å². The number of anilines is 1. The fourth-order valence-corrected chi connectivity index (χ4v) is 1.41. The zero-order valence-corrected chi connectivity index (χ0v) is 9.37. The molecule has 1 N–H and O–H groups in total. The van der Waals surface area contributed by atoms with E-state index >= 15 is 0 Å². The molecular weight excluding hydrogens is 216 g/mol. The molecule has 1 aromatic carbocycles. The number of nitrogens with zero attached hydrogens (tertiary/aromatic N) is 3. The van der Waals surface area contributed by atoms with Gasteiger partial charge in [-0.05, 0) is 31.2 Å². The Hall–Kier alpha value is -2.43. The molecule has 2 aromatic rings. The summed E-state index contributed by atoms with van der Waals surface area (Å²) in [6, 6.07) is 7.45. The molecule has 5 heteroatoms. The molecular formula is C12H12N4O. The van der Waals surface area contributed by atoms with Crippen molar-refractivity contribution in [2.75, 3.05) is 5.32 Å². The van der Waals surface area contributed by atoms with Gasteiger partial charge in [-0.3, -0.25) is 9.36 Å². The first-order valence-corrected chi connectivity index (χ1v) is 5.18. The van der Waals surface area contributed by atoms with Crippen LogP contribution >= 0.6 is 0 Å². The Morgan fingerprint density at radius 3 is 2.82 bits per heavy atom. The molecule has 0 aliphatic carbocycles. The van der Waals surface area contributed by atoms with E-state index < -0.39 is 0 Å². The second-order valence-corrected chi connectivity index (χ2v) is 3.41. The minimum absolute atomic E-state index is 0.145. The zero-order valence-electron chi connectivity index (χ0n) is 9.37. The molecule has 5 nitrogen and oxygen atoms in total. The summed E-state index contributed by atoms with van der Waals surface area (Å²) in [5.41, 5.74) is 1.63. The van der Waals surface area contributed by atoms with Gasteiger partial charge in [0.05, 0.1) is 5.69 Å². The summed E-state index contributed by atoms with van der Waals surface area (Å²) < 4.78 is 1.77. The highest BCUT2D eigenvalue weighted by Gasteiger charge is 2.00. The third-order valence-electron chi connectivity index (χ3n) is 2.15. The minimum atomic E-state index is -0.145. The fourth-order valence-electron chi connectivity index (χ4n) is 1.41. The Kier molecular flexibility index (Phi) is 3.30.